The van der Waals surface area contributed by atoms with Crippen molar-refractivity contribution in [1.82, 2.24) is 10.0 Å². The molecule has 1 aromatic rings. The van der Waals surface area contributed by atoms with Gasteiger partial charge in [0.15, 0.2) is 9.84 Å². The van der Waals surface area contributed by atoms with E-state index >= 15 is 0 Å². The van der Waals surface area contributed by atoms with Gasteiger partial charge in [-0.05, 0) is 25.1 Å². The van der Waals surface area contributed by atoms with Crippen LogP contribution in [-0.4, -0.2) is 53.1 Å². The standard InChI is InChI=1S/C14H17N3O6S2/c1-2-23-14(18)16-12-8-24(19,20)9-13(12)17-25(21,22)11-5-3-4-10(6-11)7-15/h3-6,12-13,17H,2,8-9H2,1H3,(H,16,18)/t12-,13-/m0/s1. The molecule has 0 aromatic heterocycles. The number of alkyl carbamates (subject to hydrolysis) is 1. The van der Waals surface area contributed by atoms with Gasteiger partial charge in [0.2, 0.25) is 10.0 Å². The second-order valence-corrected chi connectivity index (χ2v) is 9.28. The summed E-state index contributed by atoms with van der Waals surface area (Å²) in [7, 11) is -7.59. The van der Waals surface area contributed by atoms with Gasteiger partial charge in [0.1, 0.15) is 0 Å². The van der Waals surface area contributed by atoms with E-state index in [9.17, 15) is 21.6 Å². The molecule has 1 amide bonds. The Morgan fingerprint density at radius 1 is 1.36 bits per heavy atom. The van der Waals surface area contributed by atoms with Crippen molar-refractivity contribution in [3.63, 3.8) is 0 Å². The molecule has 1 fully saturated rings. The highest BCUT2D eigenvalue weighted by Gasteiger charge is 2.41. The molecule has 11 heteroatoms. The summed E-state index contributed by atoms with van der Waals surface area (Å²) >= 11 is 0. The average Bonchev–Trinajstić information content (AvgIpc) is 2.80. The lowest BCUT2D eigenvalue weighted by Gasteiger charge is -2.20. The molecular weight excluding hydrogens is 370 g/mol. The summed E-state index contributed by atoms with van der Waals surface area (Å²) < 4.78 is 55.6. The van der Waals surface area contributed by atoms with Crippen LogP contribution >= 0.6 is 0 Å². The maximum absolute atomic E-state index is 12.5. The molecule has 0 unspecified atom stereocenters. The lowest BCUT2D eigenvalue weighted by molar-refractivity contribution is 0.148. The Morgan fingerprint density at radius 2 is 2.04 bits per heavy atom. The number of rotatable bonds is 5. The van der Waals surface area contributed by atoms with Crippen LogP contribution in [0.5, 0.6) is 0 Å². The Morgan fingerprint density at radius 3 is 2.68 bits per heavy atom. The van der Waals surface area contributed by atoms with Gasteiger partial charge in [-0.1, -0.05) is 6.07 Å². The molecule has 136 valence electrons. The number of hydrogen-bond donors (Lipinski definition) is 2. The number of carbonyl (C=O) groups is 1. The summed E-state index contributed by atoms with van der Waals surface area (Å²) in [6.45, 7) is 1.69. The maximum atomic E-state index is 12.5. The van der Waals surface area contributed by atoms with Crippen LogP contribution in [0.15, 0.2) is 29.2 Å². The van der Waals surface area contributed by atoms with Crippen molar-refractivity contribution in [2.45, 2.75) is 23.9 Å². The first kappa shape index (κ1) is 19.2. The van der Waals surface area contributed by atoms with Crippen molar-refractivity contribution >= 4 is 26.0 Å². The number of carbonyl (C=O) groups excluding carboxylic acids is 1. The van der Waals surface area contributed by atoms with Gasteiger partial charge in [-0.3, -0.25) is 0 Å². The molecular formula is C14H17N3O6S2. The number of nitrogens with one attached hydrogen (secondary N) is 2. The van der Waals surface area contributed by atoms with Gasteiger partial charge in [-0.2, -0.15) is 5.26 Å². The maximum Gasteiger partial charge on any atom is 0.407 e. The van der Waals surface area contributed by atoms with Crippen molar-refractivity contribution in [3.8, 4) is 6.07 Å². The molecule has 1 aromatic carbocycles. The third-order valence-corrected chi connectivity index (χ3v) is 6.73. The molecule has 0 radical (unpaired) electrons. The Hall–Kier alpha value is -2.16. The minimum absolute atomic E-state index is 0.0999. The quantitative estimate of drug-likeness (QED) is 0.709. The van der Waals surface area contributed by atoms with E-state index in [2.05, 4.69) is 10.0 Å². The predicted octanol–water partition coefficient (Wildman–Crippen LogP) is -0.252. The molecule has 0 aliphatic carbocycles. The second-order valence-electron chi connectivity index (χ2n) is 5.42. The van der Waals surface area contributed by atoms with Crippen LogP contribution in [0, 0.1) is 11.3 Å². The van der Waals surface area contributed by atoms with E-state index in [4.69, 9.17) is 10.00 Å². The molecule has 1 saturated heterocycles. The van der Waals surface area contributed by atoms with E-state index in [0.717, 1.165) is 0 Å². The van der Waals surface area contributed by atoms with Gasteiger partial charge >= 0.3 is 6.09 Å². The number of ether oxygens (including phenoxy) is 1. The Kier molecular flexibility index (Phi) is 5.66. The highest BCUT2D eigenvalue weighted by molar-refractivity contribution is 7.92. The zero-order valence-electron chi connectivity index (χ0n) is 13.3. The molecule has 2 rings (SSSR count). The fraction of sp³-hybridized carbons (Fsp3) is 0.429. The van der Waals surface area contributed by atoms with Gasteiger partial charge in [0, 0.05) is 0 Å². The lowest BCUT2D eigenvalue weighted by atomic mass is 10.2. The van der Waals surface area contributed by atoms with E-state index in [0.29, 0.717) is 0 Å². The minimum atomic E-state index is -4.07. The Bertz CT molecular complexity index is 905. The molecule has 2 N–H and O–H groups in total. The van der Waals surface area contributed by atoms with Crippen LogP contribution < -0.4 is 10.0 Å². The van der Waals surface area contributed by atoms with E-state index in [1.165, 1.54) is 24.3 Å². The molecule has 1 aliphatic heterocycles. The smallest absolute Gasteiger partial charge is 0.407 e. The first-order valence-corrected chi connectivity index (χ1v) is 10.6. The normalized spacial score (nSPS) is 22.1. The summed E-state index contributed by atoms with van der Waals surface area (Å²) in [5.41, 5.74) is 0.156. The van der Waals surface area contributed by atoms with Gasteiger partial charge in [-0.25, -0.2) is 26.4 Å². The number of sulfone groups is 1. The summed E-state index contributed by atoms with van der Waals surface area (Å²) in [5, 5.41) is 11.2. The van der Waals surface area contributed by atoms with E-state index in [-0.39, 0.29) is 17.1 Å². The van der Waals surface area contributed by atoms with Crippen molar-refractivity contribution in [3.05, 3.63) is 29.8 Å². The van der Waals surface area contributed by atoms with Gasteiger partial charge in [0.05, 0.1) is 46.7 Å². The van der Waals surface area contributed by atoms with Crippen LogP contribution in [0.2, 0.25) is 0 Å². The molecule has 25 heavy (non-hydrogen) atoms. The molecule has 1 heterocycles. The average molecular weight is 387 g/mol. The molecule has 0 bridgehead atoms. The Balaban J connectivity index is 2.22. The lowest BCUT2D eigenvalue weighted by Crippen LogP contribution is -2.50. The SMILES string of the molecule is CCOC(=O)N[C@H]1CS(=O)(=O)C[C@@H]1NS(=O)(=O)c1cccc(C#N)c1. The van der Waals surface area contributed by atoms with Crippen molar-refractivity contribution in [1.29, 1.82) is 5.26 Å². The highest BCUT2D eigenvalue weighted by Crippen LogP contribution is 2.17. The number of nitriles is 1. The summed E-state index contributed by atoms with van der Waals surface area (Å²) in [6.07, 6.45) is -0.819. The summed E-state index contributed by atoms with van der Waals surface area (Å²) in [5.74, 6) is -0.835. The van der Waals surface area contributed by atoms with Gasteiger partial charge < -0.3 is 10.1 Å². The van der Waals surface area contributed by atoms with Crippen LogP contribution in [0.3, 0.4) is 0 Å². The molecule has 0 spiro atoms. The van der Waals surface area contributed by atoms with E-state index in [1.54, 1.807) is 6.92 Å². The topological polar surface area (TPSA) is 142 Å². The van der Waals surface area contributed by atoms with Crippen molar-refractivity contribution < 1.29 is 26.4 Å². The summed E-state index contributed by atoms with van der Waals surface area (Å²) in [4.78, 5) is 11.4. The van der Waals surface area contributed by atoms with Crippen molar-refractivity contribution in [2.24, 2.45) is 0 Å². The Labute approximate surface area is 145 Å². The van der Waals surface area contributed by atoms with Crippen LogP contribution in [0.1, 0.15) is 12.5 Å². The number of benzene rings is 1. The first-order valence-electron chi connectivity index (χ1n) is 7.33. The third-order valence-electron chi connectivity index (χ3n) is 3.51. The summed E-state index contributed by atoms with van der Waals surface area (Å²) in [6, 6.07) is 5.18. The molecule has 1 aliphatic rings. The zero-order valence-corrected chi connectivity index (χ0v) is 14.9. The first-order chi connectivity index (χ1) is 11.7. The minimum Gasteiger partial charge on any atom is -0.450 e. The van der Waals surface area contributed by atoms with E-state index in [1.807, 2.05) is 6.07 Å². The van der Waals surface area contributed by atoms with Gasteiger partial charge in [0.25, 0.3) is 0 Å². The van der Waals surface area contributed by atoms with Crippen LogP contribution in [0.4, 0.5) is 4.79 Å². The number of amides is 1. The highest BCUT2D eigenvalue weighted by atomic mass is 32.2. The predicted molar refractivity (Wildman–Crippen MR) is 87.9 cm³/mol. The zero-order chi connectivity index (χ0) is 18.7. The fourth-order valence-electron chi connectivity index (χ4n) is 2.43. The van der Waals surface area contributed by atoms with Crippen LogP contribution in [-0.2, 0) is 24.6 Å². The molecule has 0 saturated carbocycles. The molecule has 2 atom stereocenters. The number of nitrogens with zero attached hydrogens (tertiary/aromatic N) is 1. The fourth-order valence-corrected chi connectivity index (χ4v) is 5.72. The monoisotopic (exact) mass is 387 g/mol. The van der Waals surface area contributed by atoms with Crippen molar-refractivity contribution in [2.75, 3.05) is 18.1 Å². The largest absolute Gasteiger partial charge is 0.450 e. The number of hydrogen-bond acceptors (Lipinski definition) is 7. The number of sulfonamides is 1. The third kappa shape index (κ3) is 4.91. The second kappa shape index (κ2) is 7.38. The van der Waals surface area contributed by atoms with E-state index < -0.39 is 49.5 Å². The van der Waals surface area contributed by atoms with Crippen LogP contribution in [0.25, 0.3) is 0 Å². The van der Waals surface area contributed by atoms with Gasteiger partial charge in [-0.15, -0.1) is 0 Å². The molecule has 9 nitrogen and oxygen atoms in total.